The molecule has 0 spiro atoms. The lowest BCUT2D eigenvalue weighted by Crippen LogP contribution is -2.04. The van der Waals surface area contributed by atoms with E-state index in [1.807, 2.05) is 0 Å². The number of hydrogen-bond donors (Lipinski definition) is 2. The number of benzene rings is 1. The van der Waals surface area contributed by atoms with E-state index in [2.05, 4.69) is 0 Å². The number of carbonyl (C=O) groups is 2. The molecule has 2 N–H and O–H groups in total. The molecule has 21 heavy (non-hydrogen) atoms. The molecule has 0 aliphatic heterocycles. The Labute approximate surface area is 120 Å². The van der Waals surface area contributed by atoms with E-state index >= 15 is 0 Å². The summed E-state index contributed by atoms with van der Waals surface area (Å²) in [5, 5.41) is 18.7. The highest BCUT2D eigenvalue weighted by Crippen LogP contribution is 2.25. The zero-order valence-corrected chi connectivity index (χ0v) is 11.5. The standard InChI is InChI=1S/C15H14O6/c1-8-9(6-14(21-8)15(18)19)5-12(16)11-4-3-10(20-2)7-13(11)17/h3-4,6-7,17H,5H2,1-2H3,(H,18,19). The number of aromatic carboxylic acids is 1. The van der Waals surface area contributed by atoms with Gasteiger partial charge in [0.2, 0.25) is 5.76 Å². The molecule has 0 atom stereocenters. The number of phenolic OH excluding ortho intramolecular Hbond substituents is 1. The number of carboxylic acid groups (broad SMARTS) is 1. The fourth-order valence-electron chi connectivity index (χ4n) is 1.94. The molecule has 1 heterocycles. The van der Waals surface area contributed by atoms with E-state index in [-0.39, 0.29) is 29.3 Å². The van der Waals surface area contributed by atoms with Gasteiger partial charge in [-0.05, 0) is 25.1 Å². The molecule has 2 aromatic rings. The molecule has 0 unspecified atom stereocenters. The number of aromatic hydroxyl groups is 1. The first kappa shape index (κ1) is 14.6. The van der Waals surface area contributed by atoms with Crippen molar-refractivity contribution in [1.82, 2.24) is 0 Å². The minimum Gasteiger partial charge on any atom is -0.507 e. The third-order valence-corrected chi connectivity index (χ3v) is 3.09. The average Bonchev–Trinajstić information content (AvgIpc) is 2.80. The van der Waals surface area contributed by atoms with Crippen molar-refractivity contribution < 1.29 is 29.0 Å². The van der Waals surface area contributed by atoms with Crippen LogP contribution in [0.15, 0.2) is 28.7 Å². The fourth-order valence-corrected chi connectivity index (χ4v) is 1.94. The summed E-state index contributed by atoms with van der Waals surface area (Å²) in [5.74, 6) is -1.11. The van der Waals surface area contributed by atoms with Gasteiger partial charge in [0.15, 0.2) is 5.78 Å². The zero-order valence-electron chi connectivity index (χ0n) is 11.5. The SMILES string of the molecule is COc1ccc(C(=O)Cc2cc(C(=O)O)oc2C)c(O)c1. The van der Waals surface area contributed by atoms with E-state index in [1.165, 1.54) is 25.3 Å². The van der Waals surface area contributed by atoms with Crippen LogP contribution >= 0.6 is 0 Å². The van der Waals surface area contributed by atoms with Crippen LogP contribution in [0, 0.1) is 6.92 Å². The Morgan fingerprint density at radius 3 is 2.52 bits per heavy atom. The molecule has 0 saturated carbocycles. The first-order valence-electron chi connectivity index (χ1n) is 6.15. The van der Waals surface area contributed by atoms with Gasteiger partial charge in [-0.3, -0.25) is 4.79 Å². The van der Waals surface area contributed by atoms with Gasteiger partial charge in [0, 0.05) is 18.1 Å². The molecule has 1 aromatic carbocycles. The maximum absolute atomic E-state index is 12.2. The van der Waals surface area contributed by atoms with Crippen molar-refractivity contribution in [3.63, 3.8) is 0 Å². The van der Waals surface area contributed by atoms with Gasteiger partial charge in [0.1, 0.15) is 17.3 Å². The molecule has 0 saturated heterocycles. The predicted molar refractivity (Wildman–Crippen MR) is 73.1 cm³/mol. The molecule has 1 aromatic heterocycles. The van der Waals surface area contributed by atoms with Crippen LogP contribution in [0.4, 0.5) is 0 Å². The minimum atomic E-state index is -1.19. The van der Waals surface area contributed by atoms with Gasteiger partial charge in [0.05, 0.1) is 12.7 Å². The van der Waals surface area contributed by atoms with Crippen LogP contribution in [-0.4, -0.2) is 29.1 Å². The summed E-state index contributed by atoms with van der Waals surface area (Å²) in [6, 6.07) is 5.69. The number of carbonyl (C=O) groups excluding carboxylic acids is 1. The molecule has 110 valence electrons. The van der Waals surface area contributed by atoms with Gasteiger partial charge in [-0.15, -0.1) is 0 Å². The number of Topliss-reactive ketones (excluding diaryl/α,β-unsaturated/α-hetero) is 1. The third-order valence-electron chi connectivity index (χ3n) is 3.09. The molecule has 6 heteroatoms. The predicted octanol–water partition coefficient (Wildman–Crippen LogP) is 2.43. The number of rotatable bonds is 5. The Balaban J connectivity index is 2.24. The van der Waals surface area contributed by atoms with Crippen LogP contribution in [0.2, 0.25) is 0 Å². The van der Waals surface area contributed by atoms with Crippen LogP contribution in [0.1, 0.15) is 32.2 Å². The van der Waals surface area contributed by atoms with Gasteiger partial charge in [0.25, 0.3) is 0 Å². The largest absolute Gasteiger partial charge is 0.507 e. The number of phenols is 1. The second-order valence-electron chi connectivity index (χ2n) is 4.48. The summed E-state index contributed by atoms with van der Waals surface area (Å²) in [6.07, 6.45) is -0.0531. The number of methoxy groups -OCH3 is 1. The number of furan rings is 1. The minimum absolute atomic E-state index is 0.0531. The van der Waals surface area contributed by atoms with Gasteiger partial charge < -0.3 is 19.4 Å². The lowest BCUT2D eigenvalue weighted by atomic mass is 10.0. The highest BCUT2D eigenvalue weighted by Gasteiger charge is 2.18. The monoisotopic (exact) mass is 290 g/mol. The smallest absolute Gasteiger partial charge is 0.371 e. The molecular formula is C15H14O6. The molecule has 0 bridgehead atoms. The normalized spacial score (nSPS) is 10.4. The summed E-state index contributed by atoms with van der Waals surface area (Å²) in [7, 11) is 1.46. The Morgan fingerprint density at radius 1 is 1.29 bits per heavy atom. The maximum atomic E-state index is 12.2. The average molecular weight is 290 g/mol. The lowest BCUT2D eigenvalue weighted by molar-refractivity contribution is 0.0660. The Morgan fingerprint density at radius 2 is 2.00 bits per heavy atom. The van der Waals surface area contributed by atoms with Crippen molar-refractivity contribution in [3.8, 4) is 11.5 Å². The number of ketones is 1. The topological polar surface area (TPSA) is 97.0 Å². The fraction of sp³-hybridized carbons (Fsp3) is 0.200. The van der Waals surface area contributed by atoms with Crippen molar-refractivity contribution in [2.24, 2.45) is 0 Å². The van der Waals surface area contributed by atoms with Crippen LogP contribution < -0.4 is 4.74 Å². The number of carboxylic acids is 1. The van der Waals surface area contributed by atoms with E-state index in [0.717, 1.165) is 0 Å². The van der Waals surface area contributed by atoms with Crippen LogP contribution in [0.3, 0.4) is 0 Å². The van der Waals surface area contributed by atoms with Gasteiger partial charge in [-0.2, -0.15) is 0 Å². The molecule has 0 radical (unpaired) electrons. The summed E-state index contributed by atoms with van der Waals surface area (Å²) >= 11 is 0. The van der Waals surface area contributed by atoms with Crippen LogP contribution in [0.5, 0.6) is 11.5 Å². The first-order chi connectivity index (χ1) is 9.92. The van der Waals surface area contributed by atoms with Gasteiger partial charge in [-0.25, -0.2) is 4.79 Å². The van der Waals surface area contributed by atoms with Crippen molar-refractivity contribution in [1.29, 1.82) is 0 Å². The van der Waals surface area contributed by atoms with Crippen molar-refractivity contribution >= 4 is 11.8 Å². The quantitative estimate of drug-likeness (QED) is 0.821. The molecule has 0 aliphatic rings. The highest BCUT2D eigenvalue weighted by atomic mass is 16.5. The summed E-state index contributed by atoms with van der Waals surface area (Å²) in [6.45, 7) is 1.59. The number of aryl methyl sites for hydroxylation is 1. The molecule has 2 rings (SSSR count). The number of ether oxygens (including phenoxy) is 1. The highest BCUT2D eigenvalue weighted by molar-refractivity contribution is 6.00. The summed E-state index contributed by atoms with van der Waals surface area (Å²) < 4.78 is 9.99. The Bertz CT molecular complexity index is 698. The summed E-state index contributed by atoms with van der Waals surface area (Å²) in [5.41, 5.74) is 0.626. The molecule has 6 nitrogen and oxygen atoms in total. The van der Waals surface area contributed by atoms with Gasteiger partial charge in [-0.1, -0.05) is 0 Å². The zero-order chi connectivity index (χ0) is 15.6. The van der Waals surface area contributed by atoms with Crippen molar-refractivity contribution in [2.45, 2.75) is 13.3 Å². The molecular weight excluding hydrogens is 276 g/mol. The Kier molecular flexibility index (Phi) is 3.98. The molecule has 0 fully saturated rings. The lowest BCUT2D eigenvalue weighted by Gasteiger charge is -2.05. The van der Waals surface area contributed by atoms with Crippen molar-refractivity contribution in [3.05, 3.63) is 46.9 Å². The maximum Gasteiger partial charge on any atom is 0.371 e. The molecule has 0 aliphatic carbocycles. The van der Waals surface area contributed by atoms with E-state index in [0.29, 0.717) is 17.1 Å². The second kappa shape index (κ2) is 5.70. The second-order valence-corrected chi connectivity index (χ2v) is 4.48. The Hall–Kier alpha value is -2.76. The molecule has 0 amide bonds. The summed E-state index contributed by atoms with van der Waals surface area (Å²) in [4.78, 5) is 23.0. The van der Waals surface area contributed by atoms with E-state index < -0.39 is 5.97 Å². The third kappa shape index (κ3) is 3.05. The van der Waals surface area contributed by atoms with E-state index in [9.17, 15) is 14.7 Å². The van der Waals surface area contributed by atoms with E-state index in [4.69, 9.17) is 14.3 Å². The van der Waals surface area contributed by atoms with Crippen LogP contribution in [0.25, 0.3) is 0 Å². The van der Waals surface area contributed by atoms with Crippen molar-refractivity contribution in [2.75, 3.05) is 7.11 Å². The van der Waals surface area contributed by atoms with E-state index in [1.54, 1.807) is 13.0 Å². The number of hydrogen-bond acceptors (Lipinski definition) is 5. The van der Waals surface area contributed by atoms with Gasteiger partial charge >= 0.3 is 5.97 Å². The van der Waals surface area contributed by atoms with Crippen LogP contribution in [-0.2, 0) is 6.42 Å². The first-order valence-corrected chi connectivity index (χ1v) is 6.15.